The molecule has 4 nitrogen and oxygen atoms in total. The summed E-state index contributed by atoms with van der Waals surface area (Å²) in [6.07, 6.45) is 24.0. The molecule has 0 saturated carbocycles. The highest BCUT2D eigenvalue weighted by Gasteiger charge is 2.35. The normalized spacial score (nSPS) is 41.7. The summed E-state index contributed by atoms with van der Waals surface area (Å²) in [7, 11) is 0. The number of rotatable bonds is 3. The van der Waals surface area contributed by atoms with Crippen molar-refractivity contribution in [2.75, 3.05) is 0 Å². The van der Waals surface area contributed by atoms with E-state index in [1.165, 1.54) is 0 Å². The van der Waals surface area contributed by atoms with E-state index in [1.807, 2.05) is 56.4 Å². The molecule has 1 aliphatic heterocycles. The van der Waals surface area contributed by atoms with E-state index in [0.717, 1.165) is 24.0 Å². The first-order chi connectivity index (χ1) is 14.9. The molecule has 31 heavy (non-hydrogen) atoms. The Balaban J connectivity index is 1.88. The molecule has 0 aromatic heterocycles. The summed E-state index contributed by atoms with van der Waals surface area (Å²) < 4.78 is 0. The van der Waals surface area contributed by atoms with Gasteiger partial charge in [-0.1, -0.05) is 84.1 Å². The number of hydrogen-bond acceptors (Lipinski definition) is 3. The number of piperidine rings is 1. The molecule has 0 aromatic rings. The lowest BCUT2D eigenvalue weighted by atomic mass is 9.75. The molecule has 0 aromatic carbocycles. The smallest absolute Gasteiger partial charge is 0.227 e. The van der Waals surface area contributed by atoms with Gasteiger partial charge in [-0.15, -0.1) is 0 Å². The topological polar surface area (TPSA) is 69.6 Å². The average Bonchev–Trinajstić information content (AvgIpc) is 2.73. The second-order valence-corrected chi connectivity index (χ2v) is 8.86. The van der Waals surface area contributed by atoms with Gasteiger partial charge in [0.1, 0.15) is 0 Å². The highest BCUT2D eigenvalue weighted by molar-refractivity contribution is 5.82. The number of amides is 1. The summed E-state index contributed by atoms with van der Waals surface area (Å²) in [6.45, 7) is 6.02. The van der Waals surface area contributed by atoms with Crippen molar-refractivity contribution in [3.8, 4) is 0 Å². The van der Waals surface area contributed by atoms with Gasteiger partial charge in [0, 0.05) is 17.9 Å². The molecule has 3 rings (SSSR count). The lowest BCUT2D eigenvalue weighted by molar-refractivity contribution is -0.127. The van der Waals surface area contributed by atoms with Crippen molar-refractivity contribution >= 4 is 5.91 Å². The monoisotopic (exact) mass is 421 g/mol. The molecule has 3 aliphatic rings. The van der Waals surface area contributed by atoms with Gasteiger partial charge in [-0.3, -0.25) is 4.79 Å². The molecule has 0 spiro atoms. The summed E-state index contributed by atoms with van der Waals surface area (Å²) in [5, 5.41) is 23.9. The van der Waals surface area contributed by atoms with Crippen molar-refractivity contribution in [2.24, 2.45) is 23.7 Å². The first-order valence-electron chi connectivity index (χ1n) is 11.2. The molecule has 1 heterocycles. The van der Waals surface area contributed by atoms with Crippen LogP contribution in [0.25, 0.3) is 0 Å². The maximum Gasteiger partial charge on any atom is 0.227 e. The summed E-state index contributed by atoms with van der Waals surface area (Å²) >= 11 is 0. The quantitative estimate of drug-likeness (QED) is 0.473. The van der Waals surface area contributed by atoms with Crippen LogP contribution in [0.1, 0.15) is 33.6 Å². The van der Waals surface area contributed by atoms with Gasteiger partial charge in [0.05, 0.1) is 18.1 Å². The molecule has 3 N–H and O–H groups in total. The first kappa shape index (κ1) is 23.2. The Morgan fingerprint density at radius 2 is 1.94 bits per heavy atom. The standard InChI is InChI=1S/C27H35NO3/c1-4-5-6-7-10-22-17-20-13-12-18(2)16-21-14-15-24(29)26(30)25(21)19(3)9-8-11-23(20)27(31)28-22/h4-9,11-16,20-26,29-30H,10,17H2,1-3H3,(H,28,31)/b5-4+,7-6+,11-8+,13-12+,18-16+,19-9+/t20-,21?,22+,23+,24+,25?,26+/m0/s1. The van der Waals surface area contributed by atoms with Gasteiger partial charge in [0.15, 0.2) is 0 Å². The summed E-state index contributed by atoms with van der Waals surface area (Å²) in [5.74, 6) is -0.216. The minimum atomic E-state index is -0.863. The number of carbonyl (C=O) groups excluding carboxylic acids is 1. The molecule has 2 aliphatic carbocycles. The molecule has 0 bridgehead atoms. The van der Waals surface area contributed by atoms with E-state index in [4.69, 9.17) is 0 Å². The van der Waals surface area contributed by atoms with E-state index >= 15 is 0 Å². The Labute approximate surface area is 186 Å². The van der Waals surface area contributed by atoms with Crippen LogP contribution in [-0.4, -0.2) is 34.4 Å². The van der Waals surface area contributed by atoms with Gasteiger partial charge < -0.3 is 15.5 Å². The van der Waals surface area contributed by atoms with E-state index in [1.54, 1.807) is 6.08 Å². The second kappa shape index (κ2) is 10.7. The minimum Gasteiger partial charge on any atom is -0.389 e. The maximum absolute atomic E-state index is 12.9. The largest absolute Gasteiger partial charge is 0.389 e. The molecule has 166 valence electrons. The van der Waals surface area contributed by atoms with Gasteiger partial charge in [0.25, 0.3) is 0 Å². The highest BCUT2D eigenvalue weighted by atomic mass is 16.3. The highest BCUT2D eigenvalue weighted by Crippen LogP contribution is 2.34. The number of hydrogen-bond donors (Lipinski definition) is 3. The van der Waals surface area contributed by atoms with Crippen LogP contribution in [0.2, 0.25) is 0 Å². The number of fused-ring (bicyclic) bond motifs is 2. The van der Waals surface area contributed by atoms with Crippen LogP contribution in [0.15, 0.2) is 84.1 Å². The van der Waals surface area contributed by atoms with Crippen molar-refractivity contribution in [3.05, 3.63) is 84.1 Å². The van der Waals surface area contributed by atoms with E-state index in [9.17, 15) is 15.0 Å². The number of nitrogens with one attached hydrogen (secondary N) is 1. The van der Waals surface area contributed by atoms with Gasteiger partial charge in [0.2, 0.25) is 5.91 Å². The predicted octanol–water partition coefficient (Wildman–Crippen LogP) is 4.17. The number of aliphatic hydroxyl groups excluding tert-OH is 2. The fourth-order valence-corrected chi connectivity index (χ4v) is 4.76. The fourth-order valence-electron chi connectivity index (χ4n) is 4.76. The first-order valence-corrected chi connectivity index (χ1v) is 11.2. The molecular weight excluding hydrogens is 386 g/mol. The Morgan fingerprint density at radius 3 is 2.71 bits per heavy atom. The van der Waals surface area contributed by atoms with Crippen LogP contribution in [-0.2, 0) is 4.79 Å². The van der Waals surface area contributed by atoms with Crippen LogP contribution in [0.3, 0.4) is 0 Å². The van der Waals surface area contributed by atoms with E-state index in [-0.39, 0.29) is 35.6 Å². The van der Waals surface area contributed by atoms with Crippen LogP contribution in [0.4, 0.5) is 0 Å². The van der Waals surface area contributed by atoms with Crippen molar-refractivity contribution < 1.29 is 15.0 Å². The Hall–Kier alpha value is -2.43. The lowest BCUT2D eigenvalue weighted by Gasteiger charge is -2.35. The van der Waals surface area contributed by atoms with Crippen molar-refractivity contribution in [1.82, 2.24) is 5.32 Å². The molecule has 7 atom stereocenters. The third-order valence-corrected chi connectivity index (χ3v) is 6.46. The molecule has 1 fully saturated rings. The van der Waals surface area contributed by atoms with Crippen LogP contribution in [0.5, 0.6) is 0 Å². The third-order valence-electron chi connectivity index (χ3n) is 6.46. The van der Waals surface area contributed by atoms with Gasteiger partial charge in [-0.25, -0.2) is 0 Å². The molecular formula is C27H35NO3. The zero-order chi connectivity index (χ0) is 22.4. The van der Waals surface area contributed by atoms with Crippen LogP contribution >= 0.6 is 0 Å². The summed E-state index contributed by atoms with van der Waals surface area (Å²) in [6, 6.07) is 0.130. The minimum absolute atomic E-state index is 0.0158. The van der Waals surface area contributed by atoms with Crippen molar-refractivity contribution in [3.63, 3.8) is 0 Å². The van der Waals surface area contributed by atoms with Gasteiger partial charge in [-0.05, 0) is 39.5 Å². The van der Waals surface area contributed by atoms with Crippen LogP contribution < -0.4 is 5.32 Å². The summed E-state index contributed by atoms with van der Waals surface area (Å²) in [5.41, 5.74) is 2.08. The zero-order valence-corrected chi connectivity index (χ0v) is 18.7. The van der Waals surface area contributed by atoms with E-state index in [2.05, 4.69) is 36.5 Å². The van der Waals surface area contributed by atoms with Crippen LogP contribution in [0, 0.1) is 23.7 Å². The van der Waals surface area contributed by atoms with E-state index < -0.39 is 12.2 Å². The molecule has 1 amide bonds. The Kier molecular flexibility index (Phi) is 8.05. The SMILES string of the molecule is C/C=C/C=C/C[C@@H]1C[C@@H]2/C=C/C(C)=C/C3C=C[C@@H](O)[C@@H](O)C3/C(C)=C/C=C/[C@H]2C(=O)N1. The average molecular weight is 422 g/mol. The van der Waals surface area contributed by atoms with Gasteiger partial charge >= 0.3 is 0 Å². The lowest BCUT2D eigenvalue weighted by Crippen LogP contribution is -2.47. The molecule has 2 unspecified atom stereocenters. The Bertz CT molecular complexity index is 858. The molecule has 0 radical (unpaired) electrons. The number of aliphatic hydroxyl groups is 2. The molecule has 4 heteroatoms. The Morgan fingerprint density at radius 1 is 1.13 bits per heavy atom. The fraction of sp³-hybridized carbons (Fsp3) is 0.444. The molecule has 1 saturated heterocycles. The predicted molar refractivity (Wildman–Crippen MR) is 126 cm³/mol. The second-order valence-electron chi connectivity index (χ2n) is 8.86. The zero-order valence-electron chi connectivity index (χ0n) is 18.7. The number of allylic oxidation sites excluding steroid dienone is 10. The van der Waals surface area contributed by atoms with E-state index in [0.29, 0.717) is 0 Å². The summed E-state index contributed by atoms with van der Waals surface area (Å²) in [4.78, 5) is 12.9. The number of carbonyl (C=O) groups is 1. The van der Waals surface area contributed by atoms with Crippen molar-refractivity contribution in [2.45, 2.75) is 51.9 Å². The third kappa shape index (κ3) is 5.84. The van der Waals surface area contributed by atoms with Gasteiger partial charge in [-0.2, -0.15) is 0 Å². The van der Waals surface area contributed by atoms with Crippen molar-refractivity contribution in [1.29, 1.82) is 0 Å². The maximum atomic E-state index is 12.9.